The number of para-hydroxylation sites is 1. The number of aliphatic carboxylic acids is 2. The fraction of sp³-hybridized carbons (Fsp3) is 0.458. The number of aromatic amines is 1. The fourth-order valence-corrected chi connectivity index (χ4v) is 4.31. The van der Waals surface area contributed by atoms with Gasteiger partial charge in [-0.25, -0.2) is 0 Å². The van der Waals surface area contributed by atoms with E-state index in [0.29, 0.717) is 12.8 Å². The molecule has 3 rings (SSSR count). The third-order valence-corrected chi connectivity index (χ3v) is 6.28. The van der Waals surface area contributed by atoms with Crippen molar-refractivity contribution in [2.45, 2.75) is 63.2 Å². The third-order valence-electron chi connectivity index (χ3n) is 6.28. The molecule has 1 aromatic heterocycles. The molecule has 12 nitrogen and oxygen atoms in total. The molecule has 1 aromatic carbocycles. The van der Waals surface area contributed by atoms with E-state index in [4.69, 9.17) is 15.9 Å². The van der Waals surface area contributed by atoms with Crippen LogP contribution < -0.4 is 16.4 Å². The fourth-order valence-electron chi connectivity index (χ4n) is 4.31. The average Bonchev–Trinajstić information content (AvgIpc) is 3.48. The van der Waals surface area contributed by atoms with Crippen LogP contribution in [0.1, 0.15) is 38.2 Å². The lowest BCUT2D eigenvalue weighted by Crippen LogP contribution is -2.56. The lowest BCUT2D eigenvalue weighted by Gasteiger charge is -2.29. The molecule has 1 aliphatic heterocycles. The summed E-state index contributed by atoms with van der Waals surface area (Å²) in [6, 6.07) is 3.28. The number of fused-ring (bicyclic) bond motifs is 1. The van der Waals surface area contributed by atoms with Crippen LogP contribution in [0.3, 0.4) is 0 Å². The molecular weight excluding hydrogens is 470 g/mol. The topological polar surface area (TPSA) is 195 Å². The van der Waals surface area contributed by atoms with Crippen LogP contribution in [0.2, 0.25) is 0 Å². The molecule has 3 amide bonds. The van der Waals surface area contributed by atoms with Crippen molar-refractivity contribution in [3.05, 3.63) is 36.0 Å². The van der Waals surface area contributed by atoms with Crippen LogP contribution in [-0.2, 0) is 30.4 Å². The summed E-state index contributed by atoms with van der Waals surface area (Å²) in [6.45, 7) is 1.53. The van der Waals surface area contributed by atoms with Crippen LogP contribution in [0, 0.1) is 0 Å². The van der Waals surface area contributed by atoms with Crippen molar-refractivity contribution in [2.75, 3.05) is 6.54 Å². The molecule has 4 unspecified atom stereocenters. The van der Waals surface area contributed by atoms with E-state index in [1.165, 1.54) is 11.8 Å². The van der Waals surface area contributed by atoms with Crippen molar-refractivity contribution < 1.29 is 34.2 Å². The summed E-state index contributed by atoms with van der Waals surface area (Å²) in [5.74, 6) is -4.20. The number of rotatable bonds is 11. The Morgan fingerprint density at radius 2 is 1.89 bits per heavy atom. The van der Waals surface area contributed by atoms with Gasteiger partial charge in [0.25, 0.3) is 0 Å². The molecule has 4 atom stereocenters. The van der Waals surface area contributed by atoms with E-state index in [9.17, 15) is 24.0 Å². The van der Waals surface area contributed by atoms with Crippen LogP contribution >= 0.6 is 0 Å². The van der Waals surface area contributed by atoms with Crippen molar-refractivity contribution in [1.29, 1.82) is 0 Å². The number of aromatic nitrogens is 1. The number of nitrogens with zero attached hydrogens (tertiary/aromatic N) is 1. The van der Waals surface area contributed by atoms with Crippen LogP contribution in [0.5, 0.6) is 0 Å². The van der Waals surface area contributed by atoms with Crippen LogP contribution in [-0.4, -0.2) is 80.5 Å². The van der Waals surface area contributed by atoms with Gasteiger partial charge in [-0.15, -0.1) is 0 Å². The van der Waals surface area contributed by atoms with E-state index in [2.05, 4.69) is 15.6 Å². The molecule has 1 fully saturated rings. The van der Waals surface area contributed by atoms with Crippen LogP contribution in [0.4, 0.5) is 0 Å². The van der Waals surface area contributed by atoms with E-state index < -0.39 is 53.8 Å². The van der Waals surface area contributed by atoms with E-state index in [0.717, 1.165) is 16.5 Å². The number of likely N-dealkylation sites (tertiary alicyclic amines) is 1. The lowest BCUT2D eigenvalue weighted by atomic mass is 10.0. The maximum Gasteiger partial charge on any atom is 0.325 e. The molecule has 0 bridgehead atoms. The number of carbonyl (C=O) groups is 5. The Morgan fingerprint density at radius 1 is 1.17 bits per heavy atom. The minimum Gasteiger partial charge on any atom is -0.481 e. The Balaban J connectivity index is 1.70. The van der Waals surface area contributed by atoms with Gasteiger partial charge in [-0.3, -0.25) is 24.0 Å². The van der Waals surface area contributed by atoms with E-state index in [1.807, 2.05) is 24.3 Å². The normalized spacial score (nSPS) is 17.8. The molecule has 7 N–H and O–H groups in total. The first kappa shape index (κ1) is 26.7. The second-order valence-corrected chi connectivity index (χ2v) is 8.92. The number of carbonyl (C=O) groups excluding carboxylic acids is 3. The number of amides is 3. The summed E-state index contributed by atoms with van der Waals surface area (Å²) < 4.78 is 0. The van der Waals surface area contributed by atoms with Crippen LogP contribution in [0.15, 0.2) is 30.5 Å². The van der Waals surface area contributed by atoms with Gasteiger partial charge in [0.1, 0.15) is 18.1 Å². The number of nitrogens with two attached hydrogens (primary N) is 1. The second kappa shape index (κ2) is 11.7. The van der Waals surface area contributed by atoms with Crippen molar-refractivity contribution in [3.63, 3.8) is 0 Å². The van der Waals surface area contributed by atoms with E-state index >= 15 is 0 Å². The maximum absolute atomic E-state index is 13.3. The molecule has 0 aliphatic carbocycles. The maximum atomic E-state index is 13.3. The molecule has 1 saturated heterocycles. The molecule has 2 aromatic rings. The molecule has 1 aliphatic rings. The Morgan fingerprint density at radius 3 is 2.58 bits per heavy atom. The van der Waals surface area contributed by atoms with Crippen molar-refractivity contribution in [3.8, 4) is 0 Å². The average molecular weight is 502 g/mol. The number of hydrogen-bond acceptors (Lipinski definition) is 6. The molecule has 36 heavy (non-hydrogen) atoms. The van der Waals surface area contributed by atoms with Gasteiger partial charge in [-0.1, -0.05) is 18.2 Å². The zero-order chi connectivity index (χ0) is 26.4. The van der Waals surface area contributed by atoms with E-state index in [-0.39, 0.29) is 25.8 Å². The van der Waals surface area contributed by atoms with Crippen molar-refractivity contribution >= 4 is 40.6 Å². The Bertz CT molecular complexity index is 1150. The largest absolute Gasteiger partial charge is 0.481 e. The molecule has 0 spiro atoms. The summed E-state index contributed by atoms with van der Waals surface area (Å²) in [5, 5.41) is 24.0. The Kier molecular flexibility index (Phi) is 8.64. The first-order valence-electron chi connectivity index (χ1n) is 11.7. The first-order valence-corrected chi connectivity index (χ1v) is 11.7. The SMILES string of the molecule is CC(NC(=O)C1CCCN1C(=O)C(CCC(=O)O)NC(=O)C(N)Cc1c[nH]c2ccccc12)C(=O)O. The van der Waals surface area contributed by atoms with Gasteiger partial charge in [0.15, 0.2) is 0 Å². The number of carboxylic acid groups (broad SMARTS) is 2. The first-order chi connectivity index (χ1) is 17.1. The van der Waals surface area contributed by atoms with Gasteiger partial charge in [0.2, 0.25) is 17.7 Å². The molecule has 2 heterocycles. The van der Waals surface area contributed by atoms with Crippen LogP contribution in [0.25, 0.3) is 10.9 Å². The van der Waals surface area contributed by atoms with Gasteiger partial charge in [-0.2, -0.15) is 0 Å². The highest BCUT2D eigenvalue weighted by molar-refractivity contribution is 5.95. The van der Waals surface area contributed by atoms with Crippen molar-refractivity contribution in [2.24, 2.45) is 5.73 Å². The van der Waals surface area contributed by atoms with E-state index in [1.54, 1.807) is 6.20 Å². The third kappa shape index (κ3) is 6.39. The Labute approximate surface area is 207 Å². The number of carboxylic acids is 2. The molecule has 12 heteroatoms. The highest BCUT2D eigenvalue weighted by atomic mass is 16.4. The number of hydrogen-bond donors (Lipinski definition) is 6. The quantitative estimate of drug-likeness (QED) is 0.247. The molecular formula is C24H31N5O7. The predicted molar refractivity (Wildman–Crippen MR) is 129 cm³/mol. The Hall–Kier alpha value is -3.93. The van der Waals surface area contributed by atoms with Gasteiger partial charge in [-0.05, 0) is 44.2 Å². The summed E-state index contributed by atoms with van der Waals surface area (Å²) >= 11 is 0. The highest BCUT2D eigenvalue weighted by Crippen LogP contribution is 2.21. The summed E-state index contributed by atoms with van der Waals surface area (Å²) in [4.78, 5) is 65.5. The highest BCUT2D eigenvalue weighted by Gasteiger charge is 2.38. The summed E-state index contributed by atoms with van der Waals surface area (Å²) in [7, 11) is 0. The monoisotopic (exact) mass is 501 g/mol. The van der Waals surface area contributed by atoms with Gasteiger partial charge >= 0.3 is 11.9 Å². The molecule has 194 valence electrons. The minimum absolute atomic E-state index is 0.184. The lowest BCUT2D eigenvalue weighted by molar-refractivity contribution is -0.144. The molecule has 0 radical (unpaired) electrons. The smallest absolute Gasteiger partial charge is 0.325 e. The van der Waals surface area contributed by atoms with Gasteiger partial charge in [0, 0.05) is 30.1 Å². The number of nitrogens with one attached hydrogen (secondary N) is 3. The zero-order valence-corrected chi connectivity index (χ0v) is 19.9. The second-order valence-electron chi connectivity index (χ2n) is 8.92. The van der Waals surface area contributed by atoms with Crippen molar-refractivity contribution in [1.82, 2.24) is 20.5 Å². The molecule has 0 saturated carbocycles. The summed E-state index contributed by atoms with van der Waals surface area (Å²) in [5.41, 5.74) is 7.85. The van der Waals surface area contributed by atoms with Gasteiger partial charge in [0.05, 0.1) is 6.04 Å². The number of H-pyrrole nitrogens is 1. The minimum atomic E-state index is -1.21. The predicted octanol–water partition coefficient (Wildman–Crippen LogP) is -0.0324. The van der Waals surface area contributed by atoms with Gasteiger partial charge < -0.3 is 36.5 Å². The summed E-state index contributed by atoms with van der Waals surface area (Å²) in [6.07, 6.45) is 2.22. The zero-order valence-electron chi connectivity index (χ0n) is 19.9. The number of benzene rings is 1. The standard InChI is InChI=1S/C24H31N5O7/c1-13(24(35)36)27-22(33)19-7-4-10-29(19)23(34)18(8-9-20(30)31)28-21(32)16(25)11-14-12-26-17-6-3-2-5-15(14)17/h2-3,5-6,12-13,16,18-19,26H,4,7-11,25H2,1H3,(H,27,33)(H,28,32)(H,30,31)(H,35,36).